The van der Waals surface area contributed by atoms with Crippen LogP contribution in [-0.2, 0) is 4.79 Å². The summed E-state index contributed by atoms with van der Waals surface area (Å²) >= 11 is 0. The lowest BCUT2D eigenvalue weighted by Gasteiger charge is -2.33. The molecule has 3 heterocycles. The van der Waals surface area contributed by atoms with E-state index < -0.39 is 6.17 Å². The first-order valence-corrected chi connectivity index (χ1v) is 9.86. The van der Waals surface area contributed by atoms with Gasteiger partial charge >= 0.3 is 0 Å². The maximum atomic E-state index is 13.6. The third-order valence-corrected chi connectivity index (χ3v) is 5.68. The van der Waals surface area contributed by atoms with Gasteiger partial charge in [0.2, 0.25) is 5.91 Å². The van der Waals surface area contributed by atoms with Gasteiger partial charge in [-0.2, -0.15) is 0 Å². The van der Waals surface area contributed by atoms with Crippen LogP contribution in [0.3, 0.4) is 0 Å². The fourth-order valence-electron chi connectivity index (χ4n) is 4.16. The van der Waals surface area contributed by atoms with Gasteiger partial charge in [-0.05, 0) is 38.0 Å². The second-order valence-electron chi connectivity index (χ2n) is 7.80. The summed E-state index contributed by atoms with van der Waals surface area (Å²) in [5.41, 5.74) is 0.702. The number of hydrogen-bond donors (Lipinski definition) is 0. The Morgan fingerprint density at radius 1 is 1.32 bits per heavy atom. The summed E-state index contributed by atoms with van der Waals surface area (Å²) in [5.74, 6) is 0.255. The molecule has 2 aliphatic heterocycles. The Hall–Kier alpha value is -2.28. The number of rotatable bonds is 4. The van der Waals surface area contributed by atoms with E-state index in [0.29, 0.717) is 29.6 Å². The number of hydrogen-bond acceptors (Lipinski definition) is 4. The number of nitrogens with zero attached hydrogens (tertiary/aromatic N) is 3. The highest BCUT2D eigenvalue weighted by Crippen LogP contribution is 2.28. The van der Waals surface area contributed by atoms with Crippen molar-refractivity contribution in [1.82, 2.24) is 14.8 Å². The standard InChI is InChI=1S/C21H25F2N3O2/c1-14-9-16(23)12-26(14)21(27)13-25-7-5-17(6-8-25)28-20-4-2-3-19-18(20)10-15(22)11-24-19/h2-4,10-11,14,16-17H,5-9,12-13H2,1H3/t14-,16+/m1/s1. The molecule has 4 rings (SSSR count). The summed E-state index contributed by atoms with van der Waals surface area (Å²) in [6.45, 7) is 3.93. The Balaban J connectivity index is 1.32. The van der Waals surface area contributed by atoms with Crippen LogP contribution in [0.15, 0.2) is 30.5 Å². The molecule has 2 aliphatic rings. The van der Waals surface area contributed by atoms with Crippen molar-refractivity contribution in [2.75, 3.05) is 26.2 Å². The van der Waals surface area contributed by atoms with E-state index in [0.717, 1.165) is 25.9 Å². The van der Waals surface area contributed by atoms with E-state index in [-0.39, 0.29) is 30.4 Å². The molecule has 2 fully saturated rings. The zero-order chi connectivity index (χ0) is 19.7. The number of carbonyl (C=O) groups excluding carboxylic acids is 1. The van der Waals surface area contributed by atoms with Gasteiger partial charge in [-0.15, -0.1) is 0 Å². The summed E-state index contributed by atoms with van der Waals surface area (Å²) in [6, 6.07) is 6.94. The molecule has 0 N–H and O–H groups in total. The van der Waals surface area contributed by atoms with Crippen molar-refractivity contribution < 1.29 is 18.3 Å². The van der Waals surface area contributed by atoms with E-state index in [4.69, 9.17) is 4.74 Å². The number of pyridine rings is 1. The molecule has 2 atom stereocenters. The van der Waals surface area contributed by atoms with E-state index in [1.165, 1.54) is 12.3 Å². The molecule has 2 aromatic rings. The van der Waals surface area contributed by atoms with Crippen LogP contribution in [0, 0.1) is 5.82 Å². The molecule has 0 aliphatic carbocycles. The molecule has 150 valence electrons. The lowest BCUT2D eigenvalue weighted by molar-refractivity contribution is -0.133. The Morgan fingerprint density at radius 3 is 2.82 bits per heavy atom. The van der Waals surface area contributed by atoms with Crippen LogP contribution in [0.1, 0.15) is 26.2 Å². The van der Waals surface area contributed by atoms with Gasteiger partial charge in [0, 0.05) is 30.9 Å². The molecular weight excluding hydrogens is 364 g/mol. The number of alkyl halides is 1. The molecule has 0 spiro atoms. The van der Waals surface area contributed by atoms with E-state index in [1.807, 2.05) is 25.1 Å². The number of amides is 1. The van der Waals surface area contributed by atoms with Gasteiger partial charge in [-0.1, -0.05) is 6.07 Å². The fraction of sp³-hybridized carbons (Fsp3) is 0.524. The number of piperidine rings is 1. The number of likely N-dealkylation sites (tertiary alicyclic amines) is 2. The van der Waals surface area contributed by atoms with Crippen LogP contribution >= 0.6 is 0 Å². The van der Waals surface area contributed by atoms with Crippen molar-refractivity contribution in [2.45, 2.75) is 44.5 Å². The Bertz CT molecular complexity index is 855. The van der Waals surface area contributed by atoms with Crippen molar-refractivity contribution in [3.63, 3.8) is 0 Å². The van der Waals surface area contributed by atoms with E-state index >= 15 is 0 Å². The summed E-state index contributed by atoms with van der Waals surface area (Å²) in [4.78, 5) is 20.3. The predicted molar refractivity (Wildman–Crippen MR) is 102 cm³/mol. The number of fused-ring (bicyclic) bond motifs is 1. The third-order valence-electron chi connectivity index (χ3n) is 5.68. The van der Waals surface area contributed by atoms with Gasteiger partial charge < -0.3 is 9.64 Å². The van der Waals surface area contributed by atoms with Crippen LogP contribution in [0.4, 0.5) is 8.78 Å². The number of carbonyl (C=O) groups is 1. The number of ether oxygens (including phenoxy) is 1. The number of halogens is 2. The third kappa shape index (κ3) is 4.09. The van der Waals surface area contributed by atoms with Crippen molar-refractivity contribution in [1.29, 1.82) is 0 Å². The maximum absolute atomic E-state index is 13.6. The SMILES string of the molecule is C[C@@H]1C[C@H](F)CN1C(=O)CN1CCC(Oc2cccc3ncc(F)cc23)CC1. The molecule has 1 aromatic carbocycles. The molecule has 7 heteroatoms. The first kappa shape index (κ1) is 19.1. The van der Waals surface area contributed by atoms with Gasteiger partial charge in [0.15, 0.2) is 0 Å². The number of benzene rings is 1. The molecule has 2 saturated heterocycles. The highest BCUT2D eigenvalue weighted by molar-refractivity contribution is 5.85. The quantitative estimate of drug-likeness (QED) is 0.806. The molecule has 0 radical (unpaired) electrons. The Labute approximate surface area is 163 Å². The fourth-order valence-corrected chi connectivity index (χ4v) is 4.16. The Morgan fingerprint density at radius 2 is 2.11 bits per heavy atom. The summed E-state index contributed by atoms with van der Waals surface area (Å²) in [6.07, 6.45) is 2.32. The molecule has 0 bridgehead atoms. The minimum atomic E-state index is -0.905. The zero-order valence-corrected chi connectivity index (χ0v) is 16.0. The van der Waals surface area contributed by atoms with Crippen LogP contribution < -0.4 is 4.74 Å². The second kappa shape index (κ2) is 7.99. The molecule has 1 aromatic heterocycles. The topological polar surface area (TPSA) is 45.7 Å². The van der Waals surface area contributed by atoms with Gasteiger partial charge in [-0.25, -0.2) is 8.78 Å². The highest BCUT2D eigenvalue weighted by atomic mass is 19.1. The van der Waals surface area contributed by atoms with Crippen molar-refractivity contribution in [3.05, 3.63) is 36.3 Å². The maximum Gasteiger partial charge on any atom is 0.237 e. The summed E-state index contributed by atoms with van der Waals surface area (Å²) in [5, 5.41) is 0.670. The smallest absolute Gasteiger partial charge is 0.237 e. The van der Waals surface area contributed by atoms with Crippen LogP contribution in [0.2, 0.25) is 0 Å². The van der Waals surface area contributed by atoms with Crippen LogP contribution in [0.25, 0.3) is 10.9 Å². The molecule has 0 unspecified atom stereocenters. The Kier molecular flexibility index (Phi) is 5.44. The minimum Gasteiger partial charge on any atom is -0.490 e. The lowest BCUT2D eigenvalue weighted by Crippen LogP contribution is -2.46. The summed E-state index contributed by atoms with van der Waals surface area (Å²) in [7, 11) is 0. The molecule has 28 heavy (non-hydrogen) atoms. The molecule has 1 amide bonds. The van der Waals surface area contributed by atoms with Crippen molar-refractivity contribution in [2.24, 2.45) is 0 Å². The first-order chi connectivity index (χ1) is 13.5. The van der Waals surface area contributed by atoms with E-state index in [2.05, 4.69) is 9.88 Å². The van der Waals surface area contributed by atoms with Crippen molar-refractivity contribution >= 4 is 16.8 Å². The summed E-state index contributed by atoms with van der Waals surface area (Å²) < 4.78 is 33.2. The molecular formula is C21H25F2N3O2. The molecule has 5 nitrogen and oxygen atoms in total. The van der Waals surface area contributed by atoms with Gasteiger partial charge in [0.25, 0.3) is 0 Å². The van der Waals surface area contributed by atoms with Gasteiger partial charge in [0.05, 0.1) is 24.8 Å². The average Bonchev–Trinajstić information content (AvgIpc) is 3.02. The van der Waals surface area contributed by atoms with Crippen LogP contribution in [-0.4, -0.2) is 65.2 Å². The van der Waals surface area contributed by atoms with Crippen molar-refractivity contribution in [3.8, 4) is 5.75 Å². The van der Waals surface area contributed by atoms with E-state index in [1.54, 1.807) is 4.90 Å². The van der Waals surface area contributed by atoms with E-state index in [9.17, 15) is 13.6 Å². The average molecular weight is 389 g/mol. The lowest BCUT2D eigenvalue weighted by atomic mass is 10.1. The zero-order valence-electron chi connectivity index (χ0n) is 16.0. The highest BCUT2D eigenvalue weighted by Gasteiger charge is 2.33. The van der Waals surface area contributed by atoms with Gasteiger partial charge in [0.1, 0.15) is 23.8 Å². The normalized spacial score (nSPS) is 24.0. The molecule has 0 saturated carbocycles. The predicted octanol–water partition coefficient (Wildman–Crippen LogP) is 3.18. The minimum absolute atomic E-state index is 0.00243. The first-order valence-electron chi connectivity index (χ1n) is 9.86. The second-order valence-corrected chi connectivity index (χ2v) is 7.80. The van der Waals surface area contributed by atoms with Gasteiger partial charge in [-0.3, -0.25) is 14.7 Å². The van der Waals surface area contributed by atoms with Crippen LogP contribution in [0.5, 0.6) is 5.75 Å². The largest absolute Gasteiger partial charge is 0.490 e. The number of aromatic nitrogens is 1. The monoisotopic (exact) mass is 389 g/mol.